The van der Waals surface area contributed by atoms with E-state index < -0.39 is 0 Å². The lowest BCUT2D eigenvalue weighted by molar-refractivity contribution is -0.115. The van der Waals surface area contributed by atoms with Crippen molar-refractivity contribution in [1.29, 1.82) is 0 Å². The highest BCUT2D eigenvalue weighted by atomic mass is 19.1. The highest BCUT2D eigenvalue weighted by Crippen LogP contribution is 2.07. The Morgan fingerprint density at radius 2 is 2.33 bits per heavy atom. The Balaban J connectivity index is 2.57. The van der Waals surface area contributed by atoms with Crippen molar-refractivity contribution in [3.63, 3.8) is 0 Å². The van der Waals surface area contributed by atoms with Gasteiger partial charge in [-0.05, 0) is 25.1 Å². The van der Waals surface area contributed by atoms with Crippen LogP contribution in [0.1, 0.15) is 6.92 Å². The molecule has 12 heavy (non-hydrogen) atoms. The molecule has 0 spiro atoms. The Morgan fingerprint density at radius 3 is 2.92 bits per heavy atom. The summed E-state index contributed by atoms with van der Waals surface area (Å²) in [5, 5.41) is 2.80. The summed E-state index contributed by atoms with van der Waals surface area (Å²) in [6.07, 6.45) is 0. The van der Waals surface area contributed by atoms with E-state index in [1.807, 2.05) is 0 Å². The first-order valence-electron chi connectivity index (χ1n) is 3.67. The standard InChI is InChI=1S/C9H10FNO/c1-7(12)6-11-9-4-2-3-8(10)5-9/h2-5,11H,6H2,1H3. The van der Waals surface area contributed by atoms with E-state index in [9.17, 15) is 9.18 Å². The van der Waals surface area contributed by atoms with E-state index in [1.54, 1.807) is 12.1 Å². The molecule has 0 radical (unpaired) electrons. The number of nitrogens with one attached hydrogen (secondary N) is 1. The molecule has 1 aromatic carbocycles. The van der Waals surface area contributed by atoms with Crippen LogP contribution < -0.4 is 5.32 Å². The summed E-state index contributed by atoms with van der Waals surface area (Å²) in [6.45, 7) is 1.72. The minimum atomic E-state index is -0.302. The maximum absolute atomic E-state index is 12.6. The van der Waals surface area contributed by atoms with Crippen LogP contribution in [0, 0.1) is 5.82 Å². The third-order valence-electron chi connectivity index (χ3n) is 1.37. The molecule has 64 valence electrons. The monoisotopic (exact) mass is 167 g/mol. The predicted octanol–water partition coefficient (Wildman–Crippen LogP) is 1.83. The second-order valence-corrected chi connectivity index (χ2v) is 2.57. The van der Waals surface area contributed by atoms with Crippen LogP contribution in [0.25, 0.3) is 0 Å². The normalized spacial score (nSPS) is 9.50. The Morgan fingerprint density at radius 1 is 1.58 bits per heavy atom. The molecule has 0 saturated carbocycles. The van der Waals surface area contributed by atoms with E-state index in [1.165, 1.54) is 19.1 Å². The van der Waals surface area contributed by atoms with Crippen molar-refractivity contribution < 1.29 is 9.18 Å². The number of carbonyl (C=O) groups excluding carboxylic acids is 1. The zero-order valence-electron chi connectivity index (χ0n) is 6.80. The van der Waals surface area contributed by atoms with Gasteiger partial charge < -0.3 is 5.32 Å². The van der Waals surface area contributed by atoms with Crippen LogP contribution in [0.15, 0.2) is 24.3 Å². The fourth-order valence-corrected chi connectivity index (χ4v) is 0.825. The Hall–Kier alpha value is -1.38. The van der Waals surface area contributed by atoms with Crippen LogP contribution in [0.2, 0.25) is 0 Å². The minimum absolute atomic E-state index is 0.0271. The Labute approximate surface area is 70.4 Å². The molecule has 0 atom stereocenters. The molecule has 0 aliphatic heterocycles. The fourth-order valence-electron chi connectivity index (χ4n) is 0.825. The Bertz CT molecular complexity index is 286. The highest BCUT2D eigenvalue weighted by molar-refractivity contribution is 5.80. The second kappa shape index (κ2) is 3.85. The molecular weight excluding hydrogens is 157 g/mol. The van der Waals surface area contributed by atoms with Gasteiger partial charge in [0.15, 0.2) is 0 Å². The molecule has 0 bridgehead atoms. The average molecular weight is 167 g/mol. The van der Waals surface area contributed by atoms with E-state index in [4.69, 9.17) is 0 Å². The fraction of sp³-hybridized carbons (Fsp3) is 0.222. The molecule has 0 fully saturated rings. The summed E-state index contributed by atoms with van der Waals surface area (Å²) >= 11 is 0. The summed E-state index contributed by atoms with van der Waals surface area (Å²) in [6, 6.07) is 6.02. The number of benzene rings is 1. The SMILES string of the molecule is CC(=O)CNc1cccc(F)c1. The quantitative estimate of drug-likeness (QED) is 0.744. The summed E-state index contributed by atoms with van der Waals surface area (Å²) < 4.78 is 12.6. The third-order valence-corrected chi connectivity index (χ3v) is 1.37. The van der Waals surface area contributed by atoms with Crippen molar-refractivity contribution in [1.82, 2.24) is 0 Å². The zero-order chi connectivity index (χ0) is 8.97. The maximum atomic E-state index is 12.6. The first-order chi connectivity index (χ1) is 5.68. The maximum Gasteiger partial charge on any atom is 0.148 e. The van der Waals surface area contributed by atoms with Crippen LogP contribution in [0.3, 0.4) is 0 Å². The van der Waals surface area contributed by atoms with Gasteiger partial charge in [-0.2, -0.15) is 0 Å². The lowest BCUT2D eigenvalue weighted by atomic mass is 10.3. The molecule has 1 rings (SSSR count). The van der Waals surface area contributed by atoms with Crippen molar-refractivity contribution in [3.8, 4) is 0 Å². The number of halogens is 1. The molecule has 1 aromatic rings. The van der Waals surface area contributed by atoms with E-state index >= 15 is 0 Å². The van der Waals surface area contributed by atoms with Gasteiger partial charge in [-0.15, -0.1) is 0 Å². The minimum Gasteiger partial charge on any atom is -0.378 e. The molecule has 3 heteroatoms. The number of ketones is 1. The van der Waals surface area contributed by atoms with Crippen molar-refractivity contribution in [3.05, 3.63) is 30.1 Å². The second-order valence-electron chi connectivity index (χ2n) is 2.57. The number of hydrogen-bond donors (Lipinski definition) is 1. The lowest BCUT2D eigenvalue weighted by Gasteiger charge is -2.02. The summed E-state index contributed by atoms with van der Waals surface area (Å²) in [7, 11) is 0. The number of Topliss-reactive ketones (excluding diaryl/α,β-unsaturated/α-hetero) is 1. The predicted molar refractivity (Wildman–Crippen MR) is 45.6 cm³/mol. The molecule has 2 nitrogen and oxygen atoms in total. The smallest absolute Gasteiger partial charge is 0.148 e. The first kappa shape index (κ1) is 8.71. The van der Waals surface area contributed by atoms with Gasteiger partial charge in [0.2, 0.25) is 0 Å². The summed E-state index contributed by atoms with van der Waals surface area (Å²) in [5.41, 5.74) is 0.630. The van der Waals surface area contributed by atoms with Crippen LogP contribution in [-0.2, 0) is 4.79 Å². The van der Waals surface area contributed by atoms with Crippen LogP contribution in [-0.4, -0.2) is 12.3 Å². The molecule has 0 heterocycles. The van der Waals surface area contributed by atoms with Gasteiger partial charge in [0, 0.05) is 5.69 Å². The third kappa shape index (κ3) is 2.70. The van der Waals surface area contributed by atoms with E-state index in [0.717, 1.165) is 0 Å². The lowest BCUT2D eigenvalue weighted by Crippen LogP contribution is -2.09. The highest BCUT2D eigenvalue weighted by Gasteiger charge is 1.95. The molecule has 1 N–H and O–H groups in total. The van der Waals surface area contributed by atoms with Gasteiger partial charge in [0.05, 0.1) is 6.54 Å². The van der Waals surface area contributed by atoms with E-state index in [2.05, 4.69) is 5.32 Å². The largest absolute Gasteiger partial charge is 0.378 e. The molecule has 0 saturated heterocycles. The van der Waals surface area contributed by atoms with Crippen molar-refractivity contribution in [2.45, 2.75) is 6.92 Å². The van der Waals surface area contributed by atoms with Gasteiger partial charge in [0.25, 0.3) is 0 Å². The molecule has 0 unspecified atom stereocenters. The summed E-state index contributed by atoms with van der Waals surface area (Å²) in [5.74, 6) is -0.275. The van der Waals surface area contributed by atoms with Crippen LogP contribution in [0.5, 0.6) is 0 Å². The van der Waals surface area contributed by atoms with Crippen molar-refractivity contribution in [2.24, 2.45) is 0 Å². The molecule has 0 amide bonds. The number of rotatable bonds is 3. The molecular formula is C9H10FNO. The molecule has 0 aliphatic carbocycles. The van der Waals surface area contributed by atoms with Gasteiger partial charge in [-0.25, -0.2) is 4.39 Å². The van der Waals surface area contributed by atoms with Crippen molar-refractivity contribution >= 4 is 11.5 Å². The average Bonchev–Trinajstić information content (AvgIpc) is 2.01. The zero-order valence-corrected chi connectivity index (χ0v) is 6.80. The van der Waals surface area contributed by atoms with E-state index in [0.29, 0.717) is 5.69 Å². The van der Waals surface area contributed by atoms with E-state index in [-0.39, 0.29) is 18.1 Å². The van der Waals surface area contributed by atoms with Crippen LogP contribution >= 0.6 is 0 Å². The van der Waals surface area contributed by atoms with Gasteiger partial charge in [-0.1, -0.05) is 6.07 Å². The van der Waals surface area contributed by atoms with Crippen LogP contribution in [0.4, 0.5) is 10.1 Å². The van der Waals surface area contributed by atoms with Crippen molar-refractivity contribution in [2.75, 3.05) is 11.9 Å². The van der Waals surface area contributed by atoms with Gasteiger partial charge >= 0.3 is 0 Å². The Kier molecular flexibility index (Phi) is 2.80. The molecule has 0 aromatic heterocycles. The molecule has 0 aliphatic rings. The first-order valence-corrected chi connectivity index (χ1v) is 3.67. The number of anilines is 1. The number of carbonyl (C=O) groups is 1. The van der Waals surface area contributed by atoms with Gasteiger partial charge in [0.1, 0.15) is 11.6 Å². The topological polar surface area (TPSA) is 29.1 Å². The summed E-state index contributed by atoms with van der Waals surface area (Å²) in [4.78, 5) is 10.5. The number of hydrogen-bond acceptors (Lipinski definition) is 2. The van der Waals surface area contributed by atoms with Gasteiger partial charge in [-0.3, -0.25) is 4.79 Å².